The topological polar surface area (TPSA) is 158 Å². The predicted octanol–water partition coefficient (Wildman–Crippen LogP) is 4.77. The maximum Gasteiger partial charge on any atom is 0.227 e. The van der Waals surface area contributed by atoms with Crippen molar-refractivity contribution in [3.05, 3.63) is 78.5 Å². The molecule has 1 fully saturated rings. The van der Waals surface area contributed by atoms with Gasteiger partial charge in [0.2, 0.25) is 15.9 Å². The molecule has 0 radical (unpaired) electrons. The SMILES string of the molecule is CS(=O)(=O)NCc1cc(F)cc(-c2ccnc3[nH]c(-c4n[nH]c5ccc(-c6cncc(NC(=O)C7CC7)c6)cc45)nc23)c1. The summed E-state index contributed by atoms with van der Waals surface area (Å²) >= 11 is 0. The third kappa shape index (κ3) is 5.59. The molecule has 1 saturated carbocycles. The van der Waals surface area contributed by atoms with Crippen molar-refractivity contribution < 1.29 is 17.6 Å². The van der Waals surface area contributed by atoms with Crippen molar-refractivity contribution in [2.75, 3.05) is 11.6 Å². The molecule has 4 N–H and O–H groups in total. The Balaban J connectivity index is 1.25. The van der Waals surface area contributed by atoms with Crippen LogP contribution in [-0.4, -0.2) is 50.7 Å². The summed E-state index contributed by atoms with van der Waals surface area (Å²) < 4.78 is 40.1. The number of aromatic nitrogens is 6. The Morgan fingerprint density at radius 2 is 1.91 bits per heavy atom. The lowest BCUT2D eigenvalue weighted by Gasteiger charge is -2.08. The number of pyridine rings is 2. The molecule has 2 aromatic carbocycles. The van der Waals surface area contributed by atoms with Crippen molar-refractivity contribution in [2.45, 2.75) is 19.4 Å². The molecule has 13 heteroatoms. The summed E-state index contributed by atoms with van der Waals surface area (Å²) in [5, 5.41) is 11.3. The highest BCUT2D eigenvalue weighted by atomic mass is 32.2. The van der Waals surface area contributed by atoms with E-state index in [1.807, 2.05) is 24.3 Å². The highest BCUT2D eigenvalue weighted by molar-refractivity contribution is 7.88. The minimum atomic E-state index is -3.45. The van der Waals surface area contributed by atoms with Crippen LogP contribution >= 0.6 is 0 Å². The number of fused-ring (bicyclic) bond motifs is 2. The molecular formula is C30H25FN8O3S. The minimum Gasteiger partial charge on any atom is -0.324 e. The van der Waals surface area contributed by atoms with E-state index in [4.69, 9.17) is 4.98 Å². The van der Waals surface area contributed by atoms with Crippen molar-refractivity contribution in [1.82, 2.24) is 34.9 Å². The Labute approximate surface area is 245 Å². The van der Waals surface area contributed by atoms with Gasteiger partial charge in [0.1, 0.15) is 17.0 Å². The van der Waals surface area contributed by atoms with Gasteiger partial charge in [0.05, 0.1) is 23.7 Å². The van der Waals surface area contributed by atoms with Gasteiger partial charge in [-0.25, -0.2) is 27.5 Å². The number of amides is 1. The van der Waals surface area contributed by atoms with Gasteiger partial charge in [0.15, 0.2) is 11.5 Å². The van der Waals surface area contributed by atoms with Crippen LogP contribution in [0.5, 0.6) is 0 Å². The molecule has 1 amide bonds. The summed E-state index contributed by atoms with van der Waals surface area (Å²) in [5.41, 5.74) is 6.37. The Morgan fingerprint density at radius 1 is 1.05 bits per heavy atom. The summed E-state index contributed by atoms with van der Waals surface area (Å²) in [7, 11) is -3.45. The number of halogens is 1. The van der Waals surface area contributed by atoms with Gasteiger partial charge in [0, 0.05) is 41.4 Å². The molecule has 4 aromatic heterocycles. The maximum atomic E-state index is 14.6. The van der Waals surface area contributed by atoms with E-state index in [1.165, 1.54) is 12.1 Å². The summed E-state index contributed by atoms with van der Waals surface area (Å²) in [4.78, 5) is 29.0. The number of benzene rings is 2. The molecular weight excluding hydrogens is 571 g/mol. The number of sulfonamides is 1. The third-order valence-corrected chi connectivity index (χ3v) is 7.93. The average molecular weight is 597 g/mol. The maximum absolute atomic E-state index is 14.6. The van der Waals surface area contributed by atoms with Gasteiger partial charge in [-0.05, 0) is 72.0 Å². The molecule has 0 saturated heterocycles. The first-order chi connectivity index (χ1) is 20.7. The van der Waals surface area contributed by atoms with Crippen LogP contribution in [0.4, 0.5) is 10.1 Å². The molecule has 0 unspecified atom stereocenters. The van der Waals surface area contributed by atoms with Crippen LogP contribution < -0.4 is 10.0 Å². The fourth-order valence-corrected chi connectivity index (χ4v) is 5.44. The van der Waals surface area contributed by atoms with Crippen molar-refractivity contribution in [3.63, 3.8) is 0 Å². The number of nitrogens with one attached hydrogen (secondary N) is 4. The Bertz CT molecular complexity index is 2150. The molecule has 6 aromatic rings. The molecule has 0 spiro atoms. The van der Waals surface area contributed by atoms with E-state index < -0.39 is 15.8 Å². The molecule has 11 nitrogen and oxygen atoms in total. The van der Waals surface area contributed by atoms with Crippen LogP contribution in [0.15, 0.2) is 67.1 Å². The van der Waals surface area contributed by atoms with Crippen LogP contribution in [0.1, 0.15) is 18.4 Å². The lowest BCUT2D eigenvalue weighted by molar-refractivity contribution is -0.117. The first-order valence-corrected chi connectivity index (χ1v) is 15.4. The van der Waals surface area contributed by atoms with Crippen LogP contribution in [0.25, 0.3) is 55.8 Å². The number of rotatable bonds is 8. The van der Waals surface area contributed by atoms with E-state index in [2.05, 4.69) is 35.2 Å². The van der Waals surface area contributed by atoms with Crippen LogP contribution in [0.2, 0.25) is 0 Å². The third-order valence-electron chi connectivity index (χ3n) is 7.27. The second-order valence-electron chi connectivity index (χ2n) is 10.6. The van der Waals surface area contributed by atoms with Gasteiger partial charge >= 0.3 is 0 Å². The summed E-state index contributed by atoms with van der Waals surface area (Å²) in [6.07, 6.45) is 7.86. The summed E-state index contributed by atoms with van der Waals surface area (Å²) in [6.45, 7) is -0.0451. The number of carbonyl (C=O) groups excluding carboxylic acids is 1. The highest BCUT2D eigenvalue weighted by Gasteiger charge is 2.29. The first kappa shape index (κ1) is 26.9. The second kappa shape index (κ2) is 10.4. The lowest BCUT2D eigenvalue weighted by atomic mass is 10.0. The van der Waals surface area contributed by atoms with E-state index in [-0.39, 0.29) is 18.4 Å². The van der Waals surface area contributed by atoms with Crippen molar-refractivity contribution in [1.29, 1.82) is 0 Å². The van der Waals surface area contributed by atoms with E-state index >= 15 is 0 Å². The number of hydrogen-bond acceptors (Lipinski definition) is 7. The zero-order chi connectivity index (χ0) is 29.7. The number of H-pyrrole nitrogens is 2. The molecule has 43 heavy (non-hydrogen) atoms. The molecule has 0 bridgehead atoms. The van der Waals surface area contributed by atoms with Gasteiger partial charge in [-0.15, -0.1) is 0 Å². The standard InChI is InChI=1S/C30H25FN8O3S/c1-43(41,42)34-13-16-8-19(10-21(31)9-16)23-6-7-33-28-26(23)36-29(37-28)27-24-12-18(4-5-25(24)38-39-27)20-11-22(15-32-14-20)35-30(40)17-2-3-17/h4-12,14-15,17,34H,2-3,13H2,1H3,(H,35,40)(H,38,39)(H,33,36,37). The monoisotopic (exact) mass is 596 g/mol. The molecule has 0 atom stereocenters. The Hall–Kier alpha value is -5.01. The van der Waals surface area contributed by atoms with Gasteiger partial charge in [-0.2, -0.15) is 5.10 Å². The quantitative estimate of drug-likeness (QED) is 0.197. The second-order valence-corrected chi connectivity index (χ2v) is 12.5. The summed E-state index contributed by atoms with van der Waals surface area (Å²) in [6, 6.07) is 13.9. The largest absolute Gasteiger partial charge is 0.324 e. The Morgan fingerprint density at radius 3 is 2.72 bits per heavy atom. The first-order valence-electron chi connectivity index (χ1n) is 13.5. The van der Waals surface area contributed by atoms with E-state index in [9.17, 15) is 17.6 Å². The van der Waals surface area contributed by atoms with E-state index in [0.29, 0.717) is 45.1 Å². The Kier molecular flexibility index (Phi) is 6.47. The zero-order valence-corrected chi connectivity index (χ0v) is 23.7. The van der Waals surface area contributed by atoms with Crippen molar-refractivity contribution >= 4 is 43.7 Å². The van der Waals surface area contributed by atoms with Crippen LogP contribution in [0.3, 0.4) is 0 Å². The number of aromatic amines is 2. The number of imidazole rings is 1. The van der Waals surface area contributed by atoms with Gasteiger partial charge in [-0.1, -0.05) is 6.07 Å². The molecule has 0 aliphatic heterocycles. The van der Waals surface area contributed by atoms with Gasteiger partial charge < -0.3 is 10.3 Å². The normalized spacial score (nSPS) is 13.5. The van der Waals surface area contributed by atoms with E-state index in [1.54, 1.807) is 30.7 Å². The molecule has 1 aliphatic carbocycles. The fourth-order valence-electron chi connectivity index (χ4n) is 5.01. The number of carbonyl (C=O) groups is 1. The zero-order valence-electron chi connectivity index (χ0n) is 22.8. The fraction of sp³-hybridized carbons (Fsp3) is 0.167. The minimum absolute atomic E-state index is 0.0180. The van der Waals surface area contributed by atoms with E-state index in [0.717, 1.165) is 41.1 Å². The average Bonchev–Trinajstić information content (AvgIpc) is 3.61. The number of anilines is 1. The number of hydrogen-bond donors (Lipinski definition) is 4. The number of nitrogens with zero attached hydrogens (tertiary/aromatic N) is 4. The highest BCUT2D eigenvalue weighted by Crippen LogP contribution is 2.34. The van der Waals surface area contributed by atoms with Crippen molar-refractivity contribution in [2.24, 2.45) is 5.92 Å². The van der Waals surface area contributed by atoms with Crippen molar-refractivity contribution in [3.8, 4) is 33.8 Å². The molecule has 216 valence electrons. The lowest BCUT2D eigenvalue weighted by Crippen LogP contribution is -2.21. The van der Waals surface area contributed by atoms with Gasteiger partial charge in [0.25, 0.3) is 0 Å². The van der Waals surface area contributed by atoms with Gasteiger partial charge in [-0.3, -0.25) is 14.9 Å². The predicted molar refractivity (Wildman–Crippen MR) is 161 cm³/mol. The smallest absolute Gasteiger partial charge is 0.227 e. The molecule has 4 heterocycles. The van der Waals surface area contributed by atoms with Crippen LogP contribution in [-0.2, 0) is 21.4 Å². The molecule has 7 rings (SSSR count). The van der Waals surface area contributed by atoms with Crippen LogP contribution in [0, 0.1) is 11.7 Å². The molecule has 1 aliphatic rings. The summed E-state index contributed by atoms with van der Waals surface area (Å²) in [5.74, 6) is 0.0777.